The highest BCUT2D eigenvalue weighted by Gasteiger charge is 2.40. The highest BCUT2D eigenvalue weighted by molar-refractivity contribution is 7.88. The summed E-state index contributed by atoms with van der Waals surface area (Å²) in [5.74, 6) is 0.0580. The average molecular weight is 268 g/mol. The van der Waals surface area contributed by atoms with E-state index in [1.54, 1.807) is 0 Å². The molecule has 1 aromatic carbocycles. The van der Waals surface area contributed by atoms with Crippen LogP contribution in [0.3, 0.4) is 0 Å². The maximum atomic E-state index is 11.9. The van der Waals surface area contributed by atoms with Gasteiger partial charge in [0.05, 0.1) is 5.75 Å². The van der Waals surface area contributed by atoms with Crippen LogP contribution in [-0.2, 0) is 22.3 Å². The number of hydrogen-bond acceptors (Lipinski definition) is 3. The van der Waals surface area contributed by atoms with Crippen molar-refractivity contribution in [1.82, 2.24) is 10.0 Å². The van der Waals surface area contributed by atoms with Gasteiger partial charge in [-0.25, -0.2) is 13.1 Å². The Hall–Kier alpha value is -0.910. The first kappa shape index (κ1) is 13.5. The van der Waals surface area contributed by atoms with Gasteiger partial charge in [-0.05, 0) is 37.9 Å². The van der Waals surface area contributed by atoms with E-state index in [1.807, 2.05) is 38.2 Å². The minimum absolute atomic E-state index is 0.0580. The fourth-order valence-corrected chi connectivity index (χ4v) is 3.54. The normalized spacial score (nSPS) is 17.7. The molecule has 1 fully saturated rings. The Morgan fingerprint density at radius 2 is 1.72 bits per heavy atom. The van der Waals surface area contributed by atoms with Crippen molar-refractivity contribution in [2.45, 2.75) is 37.6 Å². The van der Waals surface area contributed by atoms with Crippen molar-refractivity contribution in [2.75, 3.05) is 7.05 Å². The molecule has 1 aliphatic carbocycles. The van der Waals surface area contributed by atoms with Gasteiger partial charge in [-0.2, -0.15) is 0 Å². The summed E-state index contributed by atoms with van der Waals surface area (Å²) >= 11 is 0. The fourth-order valence-electron chi connectivity index (χ4n) is 1.88. The Kier molecular flexibility index (Phi) is 3.75. The molecule has 0 heterocycles. The standard InChI is InChI=1S/C13H20N2O2S/c1-13(7-8-13)15-18(16,17)10-12-5-3-11(4-6-12)9-14-2/h3-6,14-15H,7-10H2,1-2H3. The van der Waals surface area contributed by atoms with Gasteiger partial charge in [0.15, 0.2) is 0 Å². The number of rotatable bonds is 6. The SMILES string of the molecule is CNCc1ccc(CS(=O)(=O)NC2(C)CC2)cc1. The molecule has 0 amide bonds. The molecule has 0 saturated heterocycles. The summed E-state index contributed by atoms with van der Waals surface area (Å²) in [7, 11) is -1.33. The van der Waals surface area contributed by atoms with Crippen molar-refractivity contribution >= 4 is 10.0 Å². The van der Waals surface area contributed by atoms with Gasteiger partial charge < -0.3 is 5.32 Å². The van der Waals surface area contributed by atoms with Crippen molar-refractivity contribution in [3.05, 3.63) is 35.4 Å². The van der Waals surface area contributed by atoms with Gasteiger partial charge in [0, 0.05) is 12.1 Å². The molecule has 1 saturated carbocycles. The van der Waals surface area contributed by atoms with Gasteiger partial charge in [-0.3, -0.25) is 0 Å². The Balaban J connectivity index is 1.99. The summed E-state index contributed by atoms with van der Waals surface area (Å²) in [5.41, 5.74) is 1.79. The Morgan fingerprint density at radius 3 is 2.22 bits per heavy atom. The van der Waals surface area contributed by atoms with E-state index in [4.69, 9.17) is 0 Å². The highest BCUT2D eigenvalue weighted by atomic mass is 32.2. The van der Waals surface area contributed by atoms with Crippen LogP contribution in [0.2, 0.25) is 0 Å². The summed E-state index contributed by atoms with van der Waals surface area (Å²) in [6.45, 7) is 2.74. The van der Waals surface area contributed by atoms with E-state index in [-0.39, 0.29) is 11.3 Å². The van der Waals surface area contributed by atoms with Gasteiger partial charge in [-0.15, -0.1) is 0 Å². The predicted octanol–water partition coefficient (Wildman–Crippen LogP) is 1.38. The van der Waals surface area contributed by atoms with Crippen LogP contribution >= 0.6 is 0 Å². The number of nitrogens with one attached hydrogen (secondary N) is 2. The monoisotopic (exact) mass is 268 g/mol. The first-order chi connectivity index (χ1) is 8.42. The molecule has 0 aliphatic heterocycles. The van der Waals surface area contributed by atoms with E-state index in [2.05, 4.69) is 10.0 Å². The van der Waals surface area contributed by atoms with Crippen molar-refractivity contribution in [3.8, 4) is 0 Å². The van der Waals surface area contributed by atoms with Crippen LogP contribution in [0.25, 0.3) is 0 Å². The molecule has 1 aliphatic rings. The molecule has 0 aromatic heterocycles. The van der Waals surface area contributed by atoms with E-state index in [1.165, 1.54) is 0 Å². The summed E-state index contributed by atoms with van der Waals surface area (Å²) in [6, 6.07) is 7.67. The van der Waals surface area contributed by atoms with Crippen LogP contribution in [0.1, 0.15) is 30.9 Å². The summed E-state index contributed by atoms with van der Waals surface area (Å²) in [4.78, 5) is 0. The molecule has 0 unspecified atom stereocenters. The Bertz CT molecular complexity index is 504. The minimum atomic E-state index is -3.22. The topological polar surface area (TPSA) is 58.2 Å². The van der Waals surface area contributed by atoms with E-state index < -0.39 is 10.0 Å². The first-order valence-corrected chi connectivity index (χ1v) is 7.82. The smallest absolute Gasteiger partial charge is 0.216 e. The molecular weight excluding hydrogens is 248 g/mol. The fraction of sp³-hybridized carbons (Fsp3) is 0.538. The molecule has 18 heavy (non-hydrogen) atoms. The summed E-state index contributed by atoms with van der Waals surface area (Å²) in [5, 5.41) is 3.06. The van der Waals surface area contributed by atoms with Gasteiger partial charge in [0.2, 0.25) is 10.0 Å². The number of sulfonamides is 1. The van der Waals surface area contributed by atoms with Crippen LogP contribution < -0.4 is 10.0 Å². The van der Waals surface area contributed by atoms with Crippen LogP contribution in [0.15, 0.2) is 24.3 Å². The lowest BCUT2D eigenvalue weighted by atomic mass is 10.1. The van der Waals surface area contributed by atoms with Crippen molar-refractivity contribution in [2.24, 2.45) is 0 Å². The minimum Gasteiger partial charge on any atom is -0.316 e. The molecule has 0 bridgehead atoms. The summed E-state index contributed by atoms with van der Waals surface area (Å²) in [6.07, 6.45) is 1.88. The molecule has 100 valence electrons. The molecule has 2 N–H and O–H groups in total. The van der Waals surface area contributed by atoms with Crippen molar-refractivity contribution in [1.29, 1.82) is 0 Å². The van der Waals surface area contributed by atoms with Gasteiger partial charge >= 0.3 is 0 Å². The third kappa shape index (κ3) is 3.80. The van der Waals surface area contributed by atoms with E-state index in [9.17, 15) is 8.42 Å². The van der Waals surface area contributed by atoms with Gasteiger partial charge in [-0.1, -0.05) is 24.3 Å². The Labute approximate surface area is 109 Å². The maximum absolute atomic E-state index is 11.9. The average Bonchev–Trinajstić information content (AvgIpc) is 2.97. The zero-order valence-electron chi connectivity index (χ0n) is 10.9. The lowest BCUT2D eigenvalue weighted by Gasteiger charge is -2.12. The molecule has 4 nitrogen and oxygen atoms in total. The largest absolute Gasteiger partial charge is 0.316 e. The Morgan fingerprint density at radius 1 is 1.17 bits per heavy atom. The molecule has 0 atom stereocenters. The van der Waals surface area contributed by atoms with Gasteiger partial charge in [0.1, 0.15) is 0 Å². The van der Waals surface area contributed by atoms with Crippen LogP contribution in [0.5, 0.6) is 0 Å². The van der Waals surface area contributed by atoms with Crippen LogP contribution in [0, 0.1) is 0 Å². The van der Waals surface area contributed by atoms with Gasteiger partial charge in [0.25, 0.3) is 0 Å². The number of benzene rings is 1. The summed E-state index contributed by atoms with van der Waals surface area (Å²) < 4.78 is 26.6. The van der Waals surface area contributed by atoms with Crippen molar-refractivity contribution in [3.63, 3.8) is 0 Å². The highest BCUT2D eigenvalue weighted by Crippen LogP contribution is 2.35. The first-order valence-electron chi connectivity index (χ1n) is 6.17. The molecule has 1 aromatic rings. The second-order valence-corrected chi connectivity index (χ2v) is 6.99. The maximum Gasteiger partial charge on any atom is 0.216 e. The van der Waals surface area contributed by atoms with Crippen LogP contribution in [0.4, 0.5) is 0 Å². The molecule has 0 radical (unpaired) electrons. The predicted molar refractivity (Wildman–Crippen MR) is 72.6 cm³/mol. The molecule has 0 spiro atoms. The second kappa shape index (κ2) is 4.99. The third-order valence-corrected chi connectivity index (χ3v) is 4.68. The molecular formula is C13H20N2O2S. The van der Waals surface area contributed by atoms with Crippen LogP contribution in [-0.4, -0.2) is 21.0 Å². The second-order valence-electron chi connectivity index (χ2n) is 5.27. The zero-order chi connectivity index (χ0) is 13.2. The lowest BCUT2D eigenvalue weighted by Crippen LogP contribution is -2.35. The van der Waals surface area contributed by atoms with Crippen molar-refractivity contribution < 1.29 is 8.42 Å². The molecule has 2 rings (SSSR count). The molecule has 5 heteroatoms. The van der Waals surface area contributed by atoms with E-state index in [0.29, 0.717) is 0 Å². The van der Waals surface area contributed by atoms with E-state index >= 15 is 0 Å². The van der Waals surface area contributed by atoms with E-state index in [0.717, 1.165) is 30.5 Å². The zero-order valence-corrected chi connectivity index (χ0v) is 11.7. The number of hydrogen-bond donors (Lipinski definition) is 2. The lowest BCUT2D eigenvalue weighted by molar-refractivity contribution is 0.557. The quantitative estimate of drug-likeness (QED) is 0.819. The third-order valence-electron chi connectivity index (χ3n) is 3.16.